The van der Waals surface area contributed by atoms with Gasteiger partial charge in [0.15, 0.2) is 0 Å². The van der Waals surface area contributed by atoms with E-state index < -0.39 is 0 Å². The summed E-state index contributed by atoms with van der Waals surface area (Å²) in [7, 11) is 0. The molecule has 5 nitrogen and oxygen atoms in total. The summed E-state index contributed by atoms with van der Waals surface area (Å²) >= 11 is 0. The van der Waals surface area contributed by atoms with Crippen LogP contribution in [0.4, 0.5) is 0 Å². The molecule has 156 valence electrons. The third-order valence-corrected chi connectivity index (χ3v) is 7.31. The first-order chi connectivity index (χ1) is 13.5. The number of imidazole rings is 1. The summed E-state index contributed by atoms with van der Waals surface area (Å²) in [6.07, 6.45) is 14.9. The molecule has 0 N–H and O–H groups in total. The number of rotatable bonds is 6. The van der Waals surface area contributed by atoms with Crippen molar-refractivity contribution < 1.29 is 4.79 Å². The minimum Gasteiger partial charge on any atom is -0.342 e. The van der Waals surface area contributed by atoms with E-state index in [4.69, 9.17) is 0 Å². The predicted molar refractivity (Wildman–Crippen MR) is 112 cm³/mol. The fraction of sp³-hybridized carbons (Fsp3) is 0.826. The molecule has 0 bridgehead atoms. The van der Waals surface area contributed by atoms with Gasteiger partial charge in [-0.3, -0.25) is 9.69 Å². The molecule has 0 radical (unpaired) electrons. The first-order valence-corrected chi connectivity index (χ1v) is 11.6. The molecule has 3 fully saturated rings. The second-order valence-corrected chi connectivity index (χ2v) is 10.0. The molecule has 2 aliphatic heterocycles. The highest BCUT2D eigenvalue weighted by atomic mass is 16.2. The lowest BCUT2D eigenvalue weighted by atomic mass is 9.73. The van der Waals surface area contributed by atoms with Crippen molar-refractivity contribution in [3.8, 4) is 0 Å². The van der Waals surface area contributed by atoms with Crippen LogP contribution in [0.3, 0.4) is 0 Å². The molecule has 1 unspecified atom stereocenters. The zero-order chi connectivity index (χ0) is 19.6. The van der Waals surface area contributed by atoms with Crippen LogP contribution >= 0.6 is 0 Å². The van der Waals surface area contributed by atoms with Gasteiger partial charge in [-0.1, -0.05) is 26.7 Å². The highest BCUT2D eigenvalue weighted by Gasteiger charge is 2.41. The second-order valence-electron chi connectivity index (χ2n) is 10.0. The molecule has 0 aromatic carbocycles. The molecule has 1 atom stereocenters. The van der Waals surface area contributed by atoms with E-state index in [-0.39, 0.29) is 0 Å². The number of carbonyl (C=O) groups is 1. The predicted octanol–water partition coefficient (Wildman–Crippen LogP) is 4.25. The average Bonchev–Trinajstić information content (AvgIpc) is 3.34. The first-order valence-electron chi connectivity index (χ1n) is 11.6. The van der Waals surface area contributed by atoms with Crippen LogP contribution in [0.1, 0.15) is 83.4 Å². The van der Waals surface area contributed by atoms with Crippen LogP contribution in [0.2, 0.25) is 0 Å². The Balaban J connectivity index is 1.40. The Morgan fingerprint density at radius 3 is 2.79 bits per heavy atom. The molecule has 3 aliphatic rings. The summed E-state index contributed by atoms with van der Waals surface area (Å²) < 4.78 is 2.45. The van der Waals surface area contributed by atoms with Gasteiger partial charge in [-0.2, -0.15) is 0 Å². The van der Waals surface area contributed by atoms with Gasteiger partial charge in [0.2, 0.25) is 5.91 Å². The molecule has 1 saturated carbocycles. The lowest BCUT2D eigenvalue weighted by molar-refractivity contribution is -0.139. The van der Waals surface area contributed by atoms with E-state index in [2.05, 4.69) is 45.7 Å². The zero-order valence-electron chi connectivity index (χ0n) is 17.9. The van der Waals surface area contributed by atoms with Crippen molar-refractivity contribution in [1.82, 2.24) is 19.4 Å². The molecular formula is C23H38N4O. The van der Waals surface area contributed by atoms with Crippen molar-refractivity contribution in [3.63, 3.8) is 0 Å². The molecule has 1 aromatic rings. The molecule has 28 heavy (non-hydrogen) atoms. The molecule has 1 amide bonds. The number of hydrogen-bond donors (Lipinski definition) is 0. The lowest BCUT2D eigenvalue weighted by Gasteiger charge is -2.48. The summed E-state index contributed by atoms with van der Waals surface area (Å²) in [6.45, 7) is 9.73. The monoisotopic (exact) mass is 386 g/mol. The molecule has 1 aliphatic carbocycles. The Morgan fingerprint density at radius 1 is 1.18 bits per heavy atom. The smallest absolute Gasteiger partial charge is 0.222 e. The SMILES string of the molecule is CC(C)CCN1CC2(CCCN(Cc3cncn3C3CCCC3)C2)CCC1=O. The minimum atomic E-state index is 0.307. The van der Waals surface area contributed by atoms with Crippen molar-refractivity contribution in [3.05, 3.63) is 18.2 Å². The van der Waals surface area contributed by atoms with Gasteiger partial charge < -0.3 is 9.47 Å². The number of aromatic nitrogens is 2. The van der Waals surface area contributed by atoms with E-state index in [1.165, 1.54) is 50.8 Å². The van der Waals surface area contributed by atoms with Gasteiger partial charge in [-0.25, -0.2) is 4.98 Å². The standard InChI is InChI=1S/C23H38N4O/c1-19(2)9-13-26-17-23(11-8-22(26)28)10-5-12-25(16-23)15-21-14-24-18-27(21)20-6-3-4-7-20/h14,18-20H,3-13,15-17H2,1-2H3. The van der Waals surface area contributed by atoms with Gasteiger partial charge in [0, 0.05) is 50.3 Å². The Labute approximate surface area is 170 Å². The summed E-state index contributed by atoms with van der Waals surface area (Å²) in [5, 5.41) is 0. The van der Waals surface area contributed by atoms with Crippen LogP contribution in [0.5, 0.6) is 0 Å². The van der Waals surface area contributed by atoms with Crippen molar-refractivity contribution in [1.29, 1.82) is 0 Å². The average molecular weight is 387 g/mol. The van der Waals surface area contributed by atoms with Crippen LogP contribution in [0.15, 0.2) is 12.5 Å². The maximum Gasteiger partial charge on any atom is 0.222 e. The summed E-state index contributed by atoms with van der Waals surface area (Å²) in [4.78, 5) is 21.8. The number of carbonyl (C=O) groups excluding carboxylic acids is 1. The van der Waals surface area contributed by atoms with Crippen LogP contribution in [0, 0.1) is 11.3 Å². The fourth-order valence-corrected chi connectivity index (χ4v) is 5.69. The molecule has 4 rings (SSSR count). The van der Waals surface area contributed by atoms with Crippen LogP contribution < -0.4 is 0 Å². The quantitative estimate of drug-likeness (QED) is 0.734. The van der Waals surface area contributed by atoms with Crippen molar-refractivity contribution >= 4 is 5.91 Å². The Bertz CT molecular complexity index is 663. The topological polar surface area (TPSA) is 41.4 Å². The van der Waals surface area contributed by atoms with Gasteiger partial charge in [0.25, 0.3) is 0 Å². The molecular weight excluding hydrogens is 348 g/mol. The summed E-state index contributed by atoms with van der Waals surface area (Å²) in [5.41, 5.74) is 1.69. The van der Waals surface area contributed by atoms with E-state index in [9.17, 15) is 4.79 Å². The zero-order valence-corrected chi connectivity index (χ0v) is 17.9. The Morgan fingerprint density at radius 2 is 2.00 bits per heavy atom. The van der Waals surface area contributed by atoms with Crippen molar-refractivity contribution in [2.75, 3.05) is 26.2 Å². The third-order valence-electron chi connectivity index (χ3n) is 7.31. The summed E-state index contributed by atoms with van der Waals surface area (Å²) in [5.74, 6) is 1.03. The lowest BCUT2D eigenvalue weighted by Crippen LogP contribution is -2.54. The van der Waals surface area contributed by atoms with E-state index in [0.717, 1.165) is 45.4 Å². The number of likely N-dealkylation sites (tertiary alicyclic amines) is 2. The van der Waals surface area contributed by atoms with E-state index >= 15 is 0 Å². The normalized spacial score (nSPS) is 27.4. The molecule has 3 heterocycles. The molecule has 1 aromatic heterocycles. The van der Waals surface area contributed by atoms with Gasteiger partial charge in [-0.15, -0.1) is 0 Å². The number of hydrogen-bond acceptors (Lipinski definition) is 3. The Kier molecular flexibility index (Phi) is 6.10. The number of nitrogens with zero attached hydrogens (tertiary/aromatic N) is 4. The van der Waals surface area contributed by atoms with Crippen molar-refractivity contribution in [2.45, 2.75) is 84.2 Å². The fourth-order valence-electron chi connectivity index (χ4n) is 5.69. The van der Waals surface area contributed by atoms with Crippen molar-refractivity contribution in [2.24, 2.45) is 11.3 Å². The second kappa shape index (κ2) is 8.56. The minimum absolute atomic E-state index is 0.307. The molecule has 5 heteroatoms. The molecule has 2 saturated heterocycles. The van der Waals surface area contributed by atoms with Crippen LogP contribution in [0.25, 0.3) is 0 Å². The van der Waals surface area contributed by atoms with E-state index in [1.807, 2.05) is 0 Å². The number of piperidine rings is 2. The maximum atomic E-state index is 12.5. The third kappa shape index (κ3) is 4.45. The highest BCUT2D eigenvalue weighted by Crippen LogP contribution is 2.39. The Hall–Kier alpha value is -1.36. The molecule has 1 spiro atoms. The largest absolute Gasteiger partial charge is 0.342 e. The van der Waals surface area contributed by atoms with Crippen LogP contribution in [-0.2, 0) is 11.3 Å². The van der Waals surface area contributed by atoms with Crippen LogP contribution in [-0.4, -0.2) is 51.4 Å². The number of amides is 1. The highest BCUT2D eigenvalue weighted by molar-refractivity contribution is 5.77. The van der Waals surface area contributed by atoms with Gasteiger partial charge >= 0.3 is 0 Å². The van der Waals surface area contributed by atoms with Gasteiger partial charge in [0.05, 0.1) is 12.0 Å². The van der Waals surface area contributed by atoms with E-state index in [0.29, 0.717) is 23.3 Å². The summed E-state index contributed by atoms with van der Waals surface area (Å²) in [6, 6.07) is 0.662. The van der Waals surface area contributed by atoms with Gasteiger partial charge in [-0.05, 0) is 51.0 Å². The van der Waals surface area contributed by atoms with E-state index in [1.54, 1.807) is 0 Å². The van der Waals surface area contributed by atoms with Gasteiger partial charge in [0.1, 0.15) is 0 Å². The first kappa shape index (κ1) is 19.9. The maximum absolute atomic E-state index is 12.5.